The molecule has 0 spiro atoms. The number of hydrogen-bond acceptors (Lipinski definition) is 4. The van der Waals surface area contributed by atoms with Crippen molar-refractivity contribution in [3.63, 3.8) is 0 Å². The summed E-state index contributed by atoms with van der Waals surface area (Å²) in [6.07, 6.45) is 13.0. The molecule has 1 amide bonds. The van der Waals surface area contributed by atoms with E-state index in [2.05, 4.69) is 22.3 Å². The molecule has 108 valence electrons. The number of allylic oxidation sites excluding steroid dienone is 2. The SMILES string of the molecule is O=C(C[C@H]1C=CCCC1)N1CCCC[C@H]1c1ncon1. The summed E-state index contributed by atoms with van der Waals surface area (Å²) >= 11 is 0. The molecule has 1 aromatic heterocycles. The van der Waals surface area contributed by atoms with Gasteiger partial charge < -0.3 is 9.42 Å². The van der Waals surface area contributed by atoms with Crippen LogP contribution in [0.1, 0.15) is 56.8 Å². The van der Waals surface area contributed by atoms with Crippen LogP contribution in [0.3, 0.4) is 0 Å². The number of likely N-dealkylation sites (tertiary alicyclic amines) is 1. The number of nitrogens with zero attached hydrogens (tertiary/aromatic N) is 3. The fourth-order valence-electron chi connectivity index (χ4n) is 3.22. The highest BCUT2D eigenvalue weighted by atomic mass is 16.5. The van der Waals surface area contributed by atoms with Gasteiger partial charge in [-0.3, -0.25) is 4.79 Å². The van der Waals surface area contributed by atoms with Crippen molar-refractivity contribution in [2.24, 2.45) is 5.92 Å². The quantitative estimate of drug-likeness (QED) is 0.796. The number of amides is 1. The number of hydrogen-bond donors (Lipinski definition) is 0. The van der Waals surface area contributed by atoms with Gasteiger partial charge in [0.05, 0.1) is 6.04 Å². The molecule has 0 aromatic carbocycles. The van der Waals surface area contributed by atoms with E-state index in [1.165, 1.54) is 12.8 Å². The standard InChI is InChI=1S/C15H21N3O2/c19-14(10-12-6-2-1-3-7-12)18-9-5-4-8-13(18)15-16-11-20-17-15/h2,6,11-13H,1,3-5,7-10H2/t12-,13-/m0/s1. The van der Waals surface area contributed by atoms with Gasteiger partial charge in [-0.05, 0) is 44.4 Å². The average Bonchev–Trinajstić information content (AvgIpc) is 3.02. The first-order chi connectivity index (χ1) is 9.84. The van der Waals surface area contributed by atoms with Gasteiger partial charge in [-0.2, -0.15) is 4.98 Å². The predicted molar refractivity (Wildman–Crippen MR) is 73.7 cm³/mol. The number of rotatable bonds is 3. The van der Waals surface area contributed by atoms with E-state index in [1.54, 1.807) is 0 Å². The highest BCUT2D eigenvalue weighted by molar-refractivity contribution is 5.77. The van der Waals surface area contributed by atoms with Crippen LogP contribution in [0.2, 0.25) is 0 Å². The second-order valence-corrected chi connectivity index (χ2v) is 5.71. The molecule has 5 nitrogen and oxygen atoms in total. The van der Waals surface area contributed by atoms with Crippen LogP contribution in [0.25, 0.3) is 0 Å². The minimum Gasteiger partial charge on any atom is -0.343 e. The Bertz CT molecular complexity index is 469. The Balaban J connectivity index is 1.67. The normalized spacial score (nSPS) is 26.7. The Hall–Kier alpha value is -1.65. The van der Waals surface area contributed by atoms with Crippen molar-refractivity contribution in [1.29, 1.82) is 0 Å². The third kappa shape index (κ3) is 2.92. The maximum absolute atomic E-state index is 12.6. The second-order valence-electron chi connectivity index (χ2n) is 5.71. The van der Waals surface area contributed by atoms with Gasteiger partial charge in [0.1, 0.15) is 0 Å². The number of aromatic nitrogens is 2. The van der Waals surface area contributed by atoms with Gasteiger partial charge in [0.15, 0.2) is 5.82 Å². The van der Waals surface area contributed by atoms with Gasteiger partial charge in [-0.1, -0.05) is 17.3 Å². The highest BCUT2D eigenvalue weighted by Crippen LogP contribution is 2.31. The molecule has 3 rings (SSSR count). The van der Waals surface area contributed by atoms with Gasteiger partial charge >= 0.3 is 0 Å². The van der Waals surface area contributed by atoms with Crippen LogP contribution in [0.5, 0.6) is 0 Å². The fraction of sp³-hybridized carbons (Fsp3) is 0.667. The van der Waals surface area contributed by atoms with Gasteiger partial charge in [0.2, 0.25) is 12.3 Å². The van der Waals surface area contributed by atoms with Gasteiger partial charge in [-0.15, -0.1) is 0 Å². The van der Waals surface area contributed by atoms with E-state index >= 15 is 0 Å². The van der Waals surface area contributed by atoms with Crippen molar-refractivity contribution in [1.82, 2.24) is 15.0 Å². The largest absolute Gasteiger partial charge is 0.343 e. The van der Waals surface area contributed by atoms with Crippen LogP contribution in [0.4, 0.5) is 0 Å². The summed E-state index contributed by atoms with van der Waals surface area (Å²) in [7, 11) is 0. The van der Waals surface area contributed by atoms with Crippen molar-refractivity contribution < 1.29 is 9.32 Å². The third-order valence-corrected chi connectivity index (χ3v) is 4.29. The van der Waals surface area contributed by atoms with Gasteiger partial charge in [0.25, 0.3) is 0 Å². The summed E-state index contributed by atoms with van der Waals surface area (Å²) < 4.78 is 4.84. The molecule has 0 N–H and O–H groups in total. The average molecular weight is 275 g/mol. The van der Waals surface area contributed by atoms with Crippen LogP contribution < -0.4 is 0 Å². The molecule has 1 fully saturated rings. The molecule has 1 saturated heterocycles. The summed E-state index contributed by atoms with van der Waals surface area (Å²) in [5, 5.41) is 3.93. The first-order valence-electron chi connectivity index (χ1n) is 7.57. The minimum absolute atomic E-state index is 0.00238. The van der Waals surface area contributed by atoms with E-state index in [-0.39, 0.29) is 11.9 Å². The molecule has 0 unspecified atom stereocenters. The van der Waals surface area contributed by atoms with Gasteiger partial charge in [-0.25, -0.2) is 0 Å². The molecule has 0 bridgehead atoms. The molecule has 1 aliphatic heterocycles. The molecule has 2 heterocycles. The predicted octanol–water partition coefficient (Wildman–Crippen LogP) is 2.87. The highest BCUT2D eigenvalue weighted by Gasteiger charge is 2.31. The molecule has 1 aromatic rings. The molecule has 0 saturated carbocycles. The van der Waals surface area contributed by atoms with Crippen molar-refractivity contribution >= 4 is 5.91 Å². The first kappa shape index (κ1) is 13.3. The molecule has 5 heteroatoms. The number of carbonyl (C=O) groups is 1. The summed E-state index contributed by atoms with van der Waals surface area (Å²) in [5.74, 6) is 1.29. The van der Waals surface area contributed by atoms with Crippen molar-refractivity contribution in [2.75, 3.05) is 6.54 Å². The Morgan fingerprint density at radius 3 is 3.05 bits per heavy atom. The van der Waals surface area contributed by atoms with E-state index < -0.39 is 0 Å². The van der Waals surface area contributed by atoms with Crippen molar-refractivity contribution in [3.05, 3.63) is 24.4 Å². The van der Waals surface area contributed by atoms with Crippen molar-refractivity contribution in [3.8, 4) is 0 Å². The monoisotopic (exact) mass is 275 g/mol. The van der Waals surface area contributed by atoms with Crippen LogP contribution in [-0.2, 0) is 4.79 Å². The first-order valence-corrected chi connectivity index (χ1v) is 7.57. The van der Waals surface area contributed by atoms with E-state index in [0.717, 1.165) is 38.6 Å². The van der Waals surface area contributed by atoms with Crippen LogP contribution in [0, 0.1) is 5.92 Å². The van der Waals surface area contributed by atoms with E-state index in [1.807, 2.05) is 4.90 Å². The lowest BCUT2D eigenvalue weighted by molar-refractivity contribution is -0.136. The van der Waals surface area contributed by atoms with Crippen molar-refractivity contribution in [2.45, 2.75) is 51.0 Å². The van der Waals surface area contributed by atoms with E-state index in [9.17, 15) is 4.79 Å². The van der Waals surface area contributed by atoms with E-state index in [4.69, 9.17) is 4.52 Å². The summed E-state index contributed by atoms with van der Waals surface area (Å²) in [6, 6.07) is 0.00238. The Labute approximate surface area is 119 Å². The lowest BCUT2D eigenvalue weighted by atomic mass is 9.91. The molecule has 0 radical (unpaired) electrons. The zero-order valence-electron chi connectivity index (χ0n) is 11.7. The topological polar surface area (TPSA) is 59.2 Å². The fourth-order valence-corrected chi connectivity index (χ4v) is 3.22. The second kappa shape index (κ2) is 6.20. The Morgan fingerprint density at radius 2 is 2.30 bits per heavy atom. The maximum Gasteiger partial charge on any atom is 0.223 e. The minimum atomic E-state index is 0.00238. The lowest BCUT2D eigenvalue weighted by Gasteiger charge is -2.34. The maximum atomic E-state index is 12.6. The third-order valence-electron chi connectivity index (χ3n) is 4.29. The smallest absolute Gasteiger partial charge is 0.223 e. The zero-order valence-corrected chi connectivity index (χ0v) is 11.7. The summed E-state index contributed by atoms with van der Waals surface area (Å²) in [6.45, 7) is 0.814. The van der Waals surface area contributed by atoms with Crippen LogP contribution in [-0.4, -0.2) is 27.5 Å². The van der Waals surface area contributed by atoms with Gasteiger partial charge in [0, 0.05) is 13.0 Å². The molecule has 2 aliphatic rings. The lowest BCUT2D eigenvalue weighted by Crippen LogP contribution is -2.39. The van der Waals surface area contributed by atoms with Crippen LogP contribution in [0.15, 0.2) is 23.1 Å². The molecular weight excluding hydrogens is 254 g/mol. The van der Waals surface area contributed by atoms with Crippen LogP contribution >= 0.6 is 0 Å². The number of carbonyl (C=O) groups excluding carboxylic acids is 1. The molecular formula is C15H21N3O2. The molecule has 1 aliphatic carbocycles. The van der Waals surface area contributed by atoms with E-state index in [0.29, 0.717) is 18.2 Å². The number of piperidine rings is 1. The summed E-state index contributed by atoms with van der Waals surface area (Å²) in [5.41, 5.74) is 0. The molecule has 20 heavy (non-hydrogen) atoms. The Kier molecular flexibility index (Phi) is 4.14. The molecule has 2 atom stereocenters. The zero-order chi connectivity index (χ0) is 13.8. The summed E-state index contributed by atoms with van der Waals surface area (Å²) in [4.78, 5) is 18.7. The Morgan fingerprint density at radius 1 is 1.35 bits per heavy atom.